The lowest BCUT2D eigenvalue weighted by Crippen LogP contribution is -2.29. The van der Waals surface area contributed by atoms with Gasteiger partial charge in [-0.25, -0.2) is 4.79 Å². The normalized spacial score (nSPS) is 11.5. The Bertz CT molecular complexity index is 1620. The Hall–Kier alpha value is -4.00. The van der Waals surface area contributed by atoms with Crippen LogP contribution in [-0.2, 0) is 17.6 Å². The largest absolute Gasteiger partial charge is 0.497 e. The van der Waals surface area contributed by atoms with Crippen molar-refractivity contribution in [1.29, 1.82) is 0 Å². The van der Waals surface area contributed by atoms with Crippen LogP contribution in [0.4, 0.5) is 0 Å². The van der Waals surface area contributed by atoms with Crippen molar-refractivity contribution in [3.63, 3.8) is 0 Å². The van der Waals surface area contributed by atoms with Gasteiger partial charge in [0.25, 0.3) is 0 Å². The molecule has 0 saturated heterocycles. The molecule has 5 aromatic rings. The second-order valence-electron chi connectivity index (χ2n) is 8.62. The van der Waals surface area contributed by atoms with Crippen LogP contribution < -0.4 is 15.7 Å². The van der Waals surface area contributed by atoms with Crippen molar-refractivity contribution < 1.29 is 18.4 Å². The fraction of sp³-hybridized carbons (Fsp3) is 0.259. The minimum Gasteiger partial charge on any atom is -0.497 e. The van der Waals surface area contributed by atoms with Gasteiger partial charge in [0.05, 0.1) is 19.1 Å². The Morgan fingerprint density at radius 1 is 1.00 bits per heavy atom. The van der Waals surface area contributed by atoms with Gasteiger partial charge in [-0.15, -0.1) is 0 Å². The van der Waals surface area contributed by atoms with Crippen molar-refractivity contribution in [2.75, 3.05) is 13.7 Å². The number of carbonyl (C=O) groups is 1. The molecule has 3 heterocycles. The molecule has 7 nitrogen and oxygen atoms in total. The monoisotopic (exact) mass is 458 g/mol. The van der Waals surface area contributed by atoms with E-state index in [2.05, 4.69) is 10.3 Å². The molecule has 0 bridgehead atoms. The molecule has 5 rings (SSSR count). The van der Waals surface area contributed by atoms with Crippen LogP contribution in [0.2, 0.25) is 0 Å². The zero-order valence-electron chi connectivity index (χ0n) is 19.6. The van der Waals surface area contributed by atoms with Gasteiger partial charge in [0.1, 0.15) is 22.7 Å². The topological polar surface area (TPSA) is 97.5 Å². The molecule has 0 spiro atoms. The predicted molar refractivity (Wildman–Crippen MR) is 132 cm³/mol. The molecule has 0 aliphatic rings. The van der Waals surface area contributed by atoms with Gasteiger partial charge < -0.3 is 23.9 Å². The number of H-pyrrole nitrogens is 1. The van der Waals surface area contributed by atoms with Crippen LogP contribution in [0.15, 0.2) is 50.2 Å². The van der Waals surface area contributed by atoms with Crippen molar-refractivity contribution >= 4 is 38.7 Å². The number of aromatic nitrogens is 1. The van der Waals surface area contributed by atoms with E-state index in [0.717, 1.165) is 49.9 Å². The van der Waals surface area contributed by atoms with E-state index in [1.165, 1.54) is 0 Å². The van der Waals surface area contributed by atoms with Crippen molar-refractivity contribution in [3.8, 4) is 5.75 Å². The molecule has 174 valence electrons. The fourth-order valence-electron chi connectivity index (χ4n) is 4.49. The zero-order valence-corrected chi connectivity index (χ0v) is 19.6. The third-order valence-electron chi connectivity index (χ3n) is 6.61. The Labute approximate surface area is 195 Å². The summed E-state index contributed by atoms with van der Waals surface area (Å²) in [5.74, 6) is 1.41. The first-order valence-electron chi connectivity index (χ1n) is 11.2. The number of amides is 1. The molecule has 0 atom stereocenters. The molecule has 1 amide bonds. The van der Waals surface area contributed by atoms with Crippen LogP contribution in [0.5, 0.6) is 5.75 Å². The van der Waals surface area contributed by atoms with Gasteiger partial charge in [-0.3, -0.25) is 4.79 Å². The Balaban J connectivity index is 1.32. The first kappa shape index (κ1) is 21.8. The number of furan rings is 1. The summed E-state index contributed by atoms with van der Waals surface area (Å²) in [6.45, 7) is 6.23. The van der Waals surface area contributed by atoms with Crippen LogP contribution in [0.1, 0.15) is 28.0 Å². The lowest BCUT2D eigenvalue weighted by Gasteiger charge is -2.09. The molecular weight excluding hydrogens is 432 g/mol. The highest BCUT2D eigenvalue weighted by Gasteiger charge is 2.17. The summed E-state index contributed by atoms with van der Waals surface area (Å²) in [7, 11) is 1.64. The third kappa shape index (κ3) is 3.73. The molecule has 7 heteroatoms. The highest BCUT2D eigenvalue weighted by Crippen LogP contribution is 2.31. The number of rotatable bonds is 6. The van der Waals surface area contributed by atoms with Crippen molar-refractivity contribution in [2.45, 2.75) is 33.6 Å². The number of benzene rings is 2. The molecule has 3 aromatic heterocycles. The van der Waals surface area contributed by atoms with E-state index in [1.807, 2.05) is 51.2 Å². The van der Waals surface area contributed by atoms with Crippen LogP contribution in [0, 0.1) is 20.8 Å². The lowest BCUT2D eigenvalue weighted by atomic mass is 10.0. The van der Waals surface area contributed by atoms with E-state index in [0.29, 0.717) is 29.7 Å². The molecule has 0 fully saturated rings. The van der Waals surface area contributed by atoms with Gasteiger partial charge in [0.15, 0.2) is 0 Å². The second-order valence-corrected chi connectivity index (χ2v) is 8.62. The number of aryl methyl sites for hydroxylation is 3. The standard InChI is InChI=1S/C27H26N2O5/c1-14-16(3)33-24-12-25-21(10-20(14)24)15(2)22(27(31)34-25)11-26(30)28-8-7-17-13-29-23-9-18(32-4)5-6-19(17)23/h5-6,9-10,12-13,29H,7-8,11H2,1-4H3,(H,28,30). The summed E-state index contributed by atoms with van der Waals surface area (Å²) in [6.07, 6.45) is 2.58. The molecule has 0 unspecified atom stereocenters. The predicted octanol–water partition coefficient (Wildman–Crippen LogP) is 4.86. The quantitative estimate of drug-likeness (QED) is 0.354. The number of hydrogen-bond donors (Lipinski definition) is 2. The maximum absolute atomic E-state index is 12.7. The number of methoxy groups -OCH3 is 1. The summed E-state index contributed by atoms with van der Waals surface area (Å²) < 4.78 is 16.6. The molecule has 2 N–H and O–H groups in total. The zero-order chi connectivity index (χ0) is 24.0. The van der Waals surface area contributed by atoms with E-state index in [1.54, 1.807) is 13.2 Å². The van der Waals surface area contributed by atoms with Crippen molar-refractivity contribution in [1.82, 2.24) is 10.3 Å². The average molecular weight is 459 g/mol. The van der Waals surface area contributed by atoms with E-state index < -0.39 is 5.63 Å². The summed E-state index contributed by atoms with van der Waals surface area (Å²) in [5, 5.41) is 5.82. The molecule has 0 radical (unpaired) electrons. The van der Waals surface area contributed by atoms with Crippen LogP contribution in [-0.4, -0.2) is 24.5 Å². The lowest BCUT2D eigenvalue weighted by molar-refractivity contribution is -0.120. The van der Waals surface area contributed by atoms with Gasteiger partial charge >= 0.3 is 5.63 Å². The Morgan fingerprint density at radius 3 is 2.56 bits per heavy atom. The first-order chi connectivity index (χ1) is 16.4. The van der Waals surface area contributed by atoms with Gasteiger partial charge in [0, 0.05) is 46.5 Å². The number of nitrogens with one attached hydrogen (secondary N) is 2. The summed E-state index contributed by atoms with van der Waals surface area (Å²) in [4.78, 5) is 28.6. The summed E-state index contributed by atoms with van der Waals surface area (Å²) >= 11 is 0. The maximum Gasteiger partial charge on any atom is 0.340 e. The van der Waals surface area contributed by atoms with Gasteiger partial charge in [-0.05, 0) is 62.1 Å². The summed E-state index contributed by atoms with van der Waals surface area (Å²) in [6, 6.07) is 9.59. The van der Waals surface area contributed by atoms with E-state index >= 15 is 0 Å². The highest BCUT2D eigenvalue weighted by molar-refractivity contribution is 5.97. The highest BCUT2D eigenvalue weighted by atomic mass is 16.5. The molecule has 2 aromatic carbocycles. The number of aromatic amines is 1. The van der Waals surface area contributed by atoms with E-state index in [4.69, 9.17) is 13.6 Å². The molecule has 0 aliphatic carbocycles. The number of ether oxygens (including phenoxy) is 1. The second kappa shape index (κ2) is 8.41. The minimum absolute atomic E-state index is 0.0311. The van der Waals surface area contributed by atoms with E-state index in [-0.39, 0.29) is 12.3 Å². The number of hydrogen-bond acceptors (Lipinski definition) is 5. The molecule has 0 aliphatic heterocycles. The van der Waals surface area contributed by atoms with E-state index in [9.17, 15) is 9.59 Å². The third-order valence-corrected chi connectivity index (χ3v) is 6.61. The molecule has 0 saturated carbocycles. The smallest absolute Gasteiger partial charge is 0.340 e. The fourth-order valence-corrected chi connectivity index (χ4v) is 4.49. The van der Waals surface area contributed by atoms with Crippen LogP contribution >= 0.6 is 0 Å². The first-order valence-corrected chi connectivity index (χ1v) is 11.2. The van der Waals surface area contributed by atoms with Gasteiger partial charge in [0.2, 0.25) is 5.91 Å². The molecule has 34 heavy (non-hydrogen) atoms. The maximum atomic E-state index is 12.7. The van der Waals surface area contributed by atoms with Crippen LogP contribution in [0.3, 0.4) is 0 Å². The van der Waals surface area contributed by atoms with Crippen molar-refractivity contribution in [2.24, 2.45) is 0 Å². The van der Waals surface area contributed by atoms with Gasteiger partial charge in [-0.2, -0.15) is 0 Å². The van der Waals surface area contributed by atoms with Gasteiger partial charge in [-0.1, -0.05) is 0 Å². The Morgan fingerprint density at radius 2 is 1.76 bits per heavy atom. The van der Waals surface area contributed by atoms with Crippen LogP contribution in [0.25, 0.3) is 32.8 Å². The number of fused-ring (bicyclic) bond motifs is 3. The number of carbonyl (C=O) groups excluding carboxylic acids is 1. The minimum atomic E-state index is -0.495. The SMILES string of the molecule is COc1ccc2c(CCNC(=O)Cc3c(C)c4cc5c(C)c(C)oc5cc4oc3=O)c[nH]c2c1. The summed E-state index contributed by atoms with van der Waals surface area (Å²) in [5.41, 5.74) is 4.93. The van der Waals surface area contributed by atoms with Crippen molar-refractivity contribution in [3.05, 3.63) is 75.0 Å². The Kier molecular flexibility index (Phi) is 5.40. The molecular formula is C27H26N2O5. The average Bonchev–Trinajstić information content (AvgIpc) is 3.35.